The van der Waals surface area contributed by atoms with Crippen LogP contribution in [0.15, 0.2) is 41.8 Å². The summed E-state index contributed by atoms with van der Waals surface area (Å²) >= 11 is 1.58. The van der Waals surface area contributed by atoms with E-state index in [4.69, 9.17) is 4.74 Å². The first kappa shape index (κ1) is 17.2. The van der Waals surface area contributed by atoms with E-state index in [0.29, 0.717) is 31.7 Å². The van der Waals surface area contributed by atoms with Crippen LogP contribution in [0.5, 0.6) is 0 Å². The molecule has 4 rings (SSSR count). The molecule has 0 bridgehead atoms. The van der Waals surface area contributed by atoms with Gasteiger partial charge in [-0.15, -0.1) is 11.3 Å². The second-order valence-electron chi connectivity index (χ2n) is 6.56. The average molecular weight is 374 g/mol. The van der Waals surface area contributed by atoms with Gasteiger partial charge < -0.3 is 15.0 Å². The van der Waals surface area contributed by atoms with Gasteiger partial charge in [-0.25, -0.2) is 4.39 Å². The smallest absolute Gasteiger partial charge is 0.254 e. The molecule has 2 amide bonds. The van der Waals surface area contributed by atoms with Crippen LogP contribution in [-0.4, -0.2) is 42.0 Å². The molecule has 7 heteroatoms. The molecule has 5 nitrogen and oxygen atoms in total. The van der Waals surface area contributed by atoms with Gasteiger partial charge in [-0.2, -0.15) is 0 Å². The Morgan fingerprint density at radius 3 is 2.96 bits per heavy atom. The van der Waals surface area contributed by atoms with E-state index in [1.54, 1.807) is 22.3 Å². The van der Waals surface area contributed by atoms with E-state index in [1.807, 2.05) is 17.5 Å². The number of hydrogen-bond acceptors (Lipinski definition) is 4. The monoisotopic (exact) mass is 374 g/mol. The molecule has 2 aliphatic rings. The maximum Gasteiger partial charge on any atom is 0.254 e. The molecule has 0 aliphatic carbocycles. The fraction of sp³-hybridized carbons (Fsp3) is 0.368. The molecular weight excluding hydrogens is 355 g/mol. The molecule has 0 saturated carbocycles. The quantitative estimate of drug-likeness (QED) is 0.894. The van der Waals surface area contributed by atoms with E-state index >= 15 is 0 Å². The van der Waals surface area contributed by atoms with Gasteiger partial charge in [-0.3, -0.25) is 9.59 Å². The maximum atomic E-state index is 13.5. The third-order valence-electron chi connectivity index (χ3n) is 4.98. The number of amides is 2. The Morgan fingerprint density at radius 2 is 2.19 bits per heavy atom. The Bertz CT molecular complexity index is 811. The SMILES string of the molecule is O=C(NCc1cccs1)[C@@H]1CN(C(=O)c2cccc(F)c2)[C@H]2CCO[C@H]12. The first-order valence-corrected chi connectivity index (χ1v) is 9.49. The molecule has 3 heterocycles. The number of halogens is 1. The second-order valence-corrected chi connectivity index (χ2v) is 7.60. The molecule has 2 aromatic rings. The highest BCUT2D eigenvalue weighted by Crippen LogP contribution is 2.34. The van der Waals surface area contributed by atoms with Gasteiger partial charge in [0.1, 0.15) is 5.82 Å². The number of nitrogens with zero attached hydrogens (tertiary/aromatic N) is 1. The van der Waals surface area contributed by atoms with Crippen LogP contribution in [0.2, 0.25) is 0 Å². The van der Waals surface area contributed by atoms with Crippen LogP contribution in [0.3, 0.4) is 0 Å². The van der Waals surface area contributed by atoms with Gasteiger partial charge in [-0.05, 0) is 36.1 Å². The van der Waals surface area contributed by atoms with Crippen LogP contribution in [-0.2, 0) is 16.1 Å². The van der Waals surface area contributed by atoms with Gasteiger partial charge in [-0.1, -0.05) is 12.1 Å². The zero-order valence-electron chi connectivity index (χ0n) is 14.1. The summed E-state index contributed by atoms with van der Waals surface area (Å²) in [5.74, 6) is -1.21. The third-order valence-corrected chi connectivity index (χ3v) is 5.86. The highest BCUT2D eigenvalue weighted by atomic mass is 32.1. The lowest BCUT2D eigenvalue weighted by Gasteiger charge is -2.22. The third kappa shape index (κ3) is 3.24. The molecule has 1 aromatic carbocycles. The molecule has 2 aliphatic heterocycles. The minimum absolute atomic E-state index is 0.107. The zero-order chi connectivity index (χ0) is 18.1. The Balaban J connectivity index is 1.48. The number of ether oxygens (including phenoxy) is 1. The van der Waals surface area contributed by atoms with Crippen molar-refractivity contribution in [3.63, 3.8) is 0 Å². The van der Waals surface area contributed by atoms with Crippen molar-refractivity contribution in [2.75, 3.05) is 13.2 Å². The van der Waals surface area contributed by atoms with E-state index in [0.717, 1.165) is 4.88 Å². The topological polar surface area (TPSA) is 58.6 Å². The summed E-state index contributed by atoms with van der Waals surface area (Å²) in [6.45, 7) is 1.29. The number of rotatable bonds is 4. The zero-order valence-corrected chi connectivity index (χ0v) is 14.9. The summed E-state index contributed by atoms with van der Waals surface area (Å²) in [7, 11) is 0. The van der Waals surface area contributed by atoms with Crippen molar-refractivity contribution in [1.82, 2.24) is 10.2 Å². The van der Waals surface area contributed by atoms with Gasteiger partial charge in [0.05, 0.1) is 24.6 Å². The molecule has 0 radical (unpaired) electrons. The van der Waals surface area contributed by atoms with Crippen LogP contribution in [0.1, 0.15) is 21.7 Å². The predicted molar refractivity (Wildman–Crippen MR) is 95.2 cm³/mol. The van der Waals surface area contributed by atoms with Gasteiger partial charge in [0.25, 0.3) is 5.91 Å². The fourth-order valence-electron chi connectivity index (χ4n) is 3.74. The van der Waals surface area contributed by atoms with E-state index in [-0.39, 0.29) is 24.0 Å². The van der Waals surface area contributed by atoms with Crippen molar-refractivity contribution in [3.8, 4) is 0 Å². The van der Waals surface area contributed by atoms with E-state index in [1.165, 1.54) is 18.2 Å². The Labute approximate surface area is 154 Å². The number of carbonyl (C=O) groups is 2. The van der Waals surface area contributed by atoms with Crippen LogP contribution >= 0.6 is 11.3 Å². The summed E-state index contributed by atoms with van der Waals surface area (Å²) in [6, 6.07) is 9.43. The van der Waals surface area contributed by atoms with Crippen LogP contribution in [0.4, 0.5) is 4.39 Å². The molecule has 2 fully saturated rings. The standard InChI is InChI=1S/C19H19FN2O3S/c20-13-4-1-3-12(9-13)19(24)22-11-15(17-16(22)6-7-25-17)18(23)21-10-14-5-2-8-26-14/h1-5,8-9,15-17H,6-7,10-11H2,(H,21,23)/t15-,16+,17-/m1/s1. The van der Waals surface area contributed by atoms with Crippen molar-refractivity contribution >= 4 is 23.2 Å². The summed E-state index contributed by atoms with van der Waals surface area (Å²) < 4.78 is 19.2. The molecule has 26 heavy (non-hydrogen) atoms. The van der Waals surface area contributed by atoms with Crippen molar-refractivity contribution in [2.24, 2.45) is 5.92 Å². The Morgan fingerprint density at radius 1 is 1.31 bits per heavy atom. The lowest BCUT2D eigenvalue weighted by Crippen LogP contribution is -2.37. The molecule has 0 unspecified atom stereocenters. The van der Waals surface area contributed by atoms with Crippen molar-refractivity contribution in [2.45, 2.75) is 25.1 Å². The van der Waals surface area contributed by atoms with Gasteiger partial charge >= 0.3 is 0 Å². The molecule has 1 aromatic heterocycles. The van der Waals surface area contributed by atoms with Crippen molar-refractivity contribution in [3.05, 3.63) is 58.0 Å². The summed E-state index contributed by atoms with van der Waals surface area (Å²) in [5.41, 5.74) is 0.301. The number of fused-ring (bicyclic) bond motifs is 1. The lowest BCUT2D eigenvalue weighted by molar-refractivity contribution is -0.127. The molecule has 1 N–H and O–H groups in total. The molecular formula is C19H19FN2O3S. The van der Waals surface area contributed by atoms with Gasteiger partial charge in [0, 0.05) is 23.6 Å². The summed E-state index contributed by atoms with van der Waals surface area (Å²) in [5, 5.41) is 4.91. The minimum atomic E-state index is -0.445. The van der Waals surface area contributed by atoms with Gasteiger partial charge in [0.15, 0.2) is 0 Å². The number of thiophene rings is 1. The first-order chi connectivity index (χ1) is 12.6. The van der Waals surface area contributed by atoms with E-state index < -0.39 is 11.7 Å². The minimum Gasteiger partial charge on any atom is -0.375 e. The number of carbonyl (C=O) groups excluding carboxylic acids is 2. The van der Waals surface area contributed by atoms with E-state index in [2.05, 4.69) is 5.32 Å². The highest BCUT2D eigenvalue weighted by molar-refractivity contribution is 7.09. The molecule has 0 spiro atoms. The highest BCUT2D eigenvalue weighted by Gasteiger charge is 2.50. The van der Waals surface area contributed by atoms with Crippen molar-refractivity contribution < 1.29 is 18.7 Å². The predicted octanol–water partition coefficient (Wildman–Crippen LogP) is 2.43. The lowest BCUT2D eigenvalue weighted by atomic mass is 10.0. The van der Waals surface area contributed by atoms with E-state index in [9.17, 15) is 14.0 Å². The second kappa shape index (κ2) is 7.17. The normalized spacial score (nSPS) is 24.5. The van der Waals surface area contributed by atoms with Crippen LogP contribution < -0.4 is 5.32 Å². The largest absolute Gasteiger partial charge is 0.375 e. The molecule has 3 atom stereocenters. The Kier molecular flexibility index (Phi) is 4.74. The number of nitrogens with one attached hydrogen (secondary N) is 1. The number of benzene rings is 1. The molecule has 136 valence electrons. The van der Waals surface area contributed by atoms with Crippen LogP contribution in [0, 0.1) is 11.7 Å². The Hall–Kier alpha value is -2.25. The van der Waals surface area contributed by atoms with Crippen molar-refractivity contribution in [1.29, 1.82) is 0 Å². The number of hydrogen-bond donors (Lipinski definition) is 1. The molecule has 2 saturated heterocycles. The number of likely N-dealkylation sites (tertiary alicyclic amines) is 1. The summed E-state index contributed by atoms with van der Waals surface area (Å²) in [6.07, 6.45) is 0.399. The first-order valence-electron chi connectivity index (χ1n) is 8.62. The van der Waals surface area contributed by atoms with Gasteiger partial charge in [0.2, 0.25) is 5.91 Å². The average Bonchev–Trinajstić information content (AvgIpc) is 3.36. The maximum absolute atomic E-state index is 13.5. The summed E-state index contributed by atoms with van der Waals surface area (Å²) in [4.78, 5) is 28.2. The fourth-order valence-corrected chi connectivity index (χ4v) is 4.38. The van der Waals surface area contributed by atoms with Crippen LogP contribution in [0.25, 0.3) is 0 Å².